The highest BCUT2D eigenvalue weighted by Crippen LogP contribution is 2.37. The predicted molar refractivity (Wildman–Crippen MR) is 139 cm³/mol. The zero-order chi connectivity index (χ0) is 25.4. The van der Waals surface area contributed by atoms with Crippen LogP contribution in [0, 0.1) is 28.4 Å². The summed E-state index contributed by atoms with van der Waals surface area (Å²) in [6, 6.07) is 17.7. The number of halogens is 1. The standard InChI is InChI=1S/C27H25BrN2O5/c1-4-19-11-18(2)12-24(14-19)34-9-10-35-27-25(28)15-20(16-26(27)33-3)13-22(17-29)21-5-7-23(8-6-21)30(31)32/h5-8,11-16H,4,9-10H2,1-3H3/b22-13-. The first-order valence-electron chi connectivity index (χ1n) is 10.9. The summed E-state index contributed by atoms with van der Waals surface area (Å²) < 4.78 is 18.0. The van der Waals surface area contributed by atoms with Crippen LogP contribution in [0.5, 0.6) is 17.2 Å². The number of methoxy groups -OCH3 is 1. The van der Waals surface area contributed by atoms with Crippen molar-refractivity contribution in [2.24, 2.45) is 0 Å². The molecule has 3 rings (SSSR count). The molecular formula is C27H25BrN2O5. The maximum Gasteiger partial charge on any atom is 0.269 e. The Balaban J connectivity index is 1.73. The Morgan fingerprint density at radius 2 is 1.83 bits per heavy atom. The number of nitro benzene ring substituents is 1. The fraction of sp³-hybridized carbons (Fsp3) is 0.222. The maximum atomic E-state index is 10.9. The van der Waals surface area contributed by atoms with E-state index in [2.05, 4.69) is 35.0 Å². The molecule has 0 aliphatic rings. The van der Waals surface area contributed by atoms with Crippen LogP contribution < -0.4 is 14.2 Å². The van der Waals surface area contributed by atoms with Gasteiger partial charge < -0.3 is 14.2 Å². The fourth-order valence-electron chi connectivity index (χ4n) is 3.49. The number of allylic oxidation sites excluding steroid dienone is 1. The molecule has 3 aromatic rings. The van der Waals surface area contributed by atoms with Crippen molar-refractivity contribution < 1.29 is 19.1 Å². The predicted octanol–water partition coefficient (Wildman–Crippen LogP) is 6.76. The van der Waals surface area contributed by atoms with Crippen LogP contribution in [0.15, 0.2) is 59.1 Å². The Morgan fingerprint density at radius 3 is 2.46 bits per heavy atom. The lowest BCUT2D eigenvalue weighted by molar-refractivity contribution is -0.384. The molecule has 0 heterocycles. The molecule has 0 aliphatic heterocycles. The minimum atomic E-state index is -0.478. The third kappa shape index (κ3) is 6.84. The molecule has 180 valence electrons. The highest BCUT2D eigenvalue weighted by atomic mass is 79.9. The van der Waals surface area contributed by atoms with Crippen LogP contribution in [-0.4, -0.2) is 25.2 Å². The third-order valence-corrected chi connectivity index (χ3v) is 5.78. The molecule has 8 heteroatoms. The van der Waals surface area contributed by atoms with E-state index in [0.717, 1.165) is 17.7 Å². The van der Waals surface area contributed by atoms with Crippen molar-refractivity contribution >= 4 is 33.3 Å². The van der Waals surface area contributed by atoms with Crippen molar-refractivity contribution in [1.82, 2.24) is 0 Å². The monoisotopic (exact) mass is 536 g/mol. The van der Waals surface area contributed by atoms with E-state index in [4.69, 9.17) is 14.2 Å². The van der Waals surface area contributed by atoms with E-state index in [1.54, 1.807) is 31.4 Å². The van der Waals surface area contributed by atoms with E-state index in [0.29, 0.717) is 45.9 Å². The van der Waals surface area contributed by atoms with Crippen LogP contribution in [0.3, 0.4) is 0 Å². The molecule has 0 saturated heterocycles. The van der Waals surface area contributed by atoms with Gasteiger partial charge in [-0.1, -0.05) is 13.0 Å². The van der Waals surface area contributed by atoms with Gasteiger partial charge in [-0.2, -0.15) is 5.26 Å². The molecule has 0 radical (unpaired) electrons. The van der Waals surface area contributed by atoms with Gasteiger partial charge in [-0.15, -0.1) is 0 Å². The lowest BCUT2D eigenvalue weighted by Crippen LogP contribution is -2.10. The smallest absolute Gasteiger partial charge is 0.269 e. The maximum absolute atomic E-state index is 10.9. The summed E-state index contributed by atoms with van der Waals surface area (Å²) in [6.45, 7) is 4.82. The van der Waals surface area contributed by atoms with Gasteiger partial charge in [-0.3, -0.25) is 10.1 Å². The molecule has 0 aromatic heterocycles. The van der Waals surface area contributed by atoms with Crippen LogP contribution in [0.2, 0.25) is 0 Å². The summed E-state index contributed by atoms with van der Waals surface area (Å²) in [4.78, 5) is 10.4. The van der Waals surface area contributed by atoms with E-state index in [-0.39, 0.29) is 5.69 Å². The third-order valence-electron chi connectivity index (χ3n) is 5.19. The van der Waals surface area contributed by atoms with Crippen LogP contribution >= 0.6 is 15.9 Å². The molecule has 0 N–H and O–H groups in total. The molecule has 0 atom stereocenters. The van der Waals surface area contributed by atoms with Crippen molar-refractivity contribution in [3.05, 3.63) is 91.4 Å². The first-order valence-corrected chi connectivity index (χ1v) is 11.7. The van der Waals surface area contributed by atoms with E-state index in [9.17, 15) is 15.4 Å². The molecule has 35 heavy (non-hydrogen) atoms. The second-order valence-electron chi connectivity index (χ2n) is 7.71. The normalized spacial score (nSPS) is 11.0. The minimum Gasteiger partial charge on any atom is -0.493 e. The van der Waals surface area contributed by atoms with Crippen molar-refractivity contribution in [3.8, 4) is 23.3 Å². The van der Waals surface area contributed by atoms with Gasteiger partial charge in [0.25, 0.3) is 5.69 Å². The number of nitrogens with zero attached hydrogens (tertiary/aromatic N) is 2. The second-order valence-corrected chi connectivity index (χ2v) is 8.57. The van der Waals surface area contributed by atoms with Crippen molar-refractivity contribution in [2.45, 2.75) is 20.3 Å². The average molecular weight is 537 g/mol. The Morgan fingerprint density at radius 1 is 1.11 bits per heavy atom. The minimum absolute atomic E-state index is 0.0332. The zero-order valence-electron chi connectivity index (χ0n) is 19.7. The SMILES string of the molecule is CCc1cc(C)cc(OCCOc2c(Br)cc(/C=C(/C#N)c3ccc([N+](=O)[O-])cc3)cc2OC)c1. The largest absolute Gasteiger partial charge is 0.493 e. The van der Waals surface area contributed by atoms with Gasteiger partial charge in [0.05, 0.1) is 28.1 Å². The van der Waals surface area contributed by atoms with Gasteiger partial charge in [0.15, 0.2) is 11.5 Å². The number of rotatable bonds is 10. The van der Waals surface area contributed by atoms with Gasteiger partial charge in [-0.25, -0.2) is 0 Å². The Hall–Kier alpha value is -3.83. The summed E-state index contributed by atoms with van der Waals surface area (Å²) in [5.74, 6) is 1.84. The van der Waals surface area contributed by atoms with Gasteiger partial charge in [-0.05, 0) is 94.0 Å². The lowest BCUT2D eigenvalue weighted by Gasteiger charge is -2.14. The zero-order valence-corrected chi connectivity index (χ0v) is 21.3. The molecule has 0 aliphatic carbocycles. The number of ether oxygens (including phenoxy) is 3. The van der Waals surface area contributed by atoms with Crippen LogP contribution in [0.1, 0.15) is 29.2 Å². The average Bonchev–Trinajstić information content (AvgIpc) is 2.85. The molecule has 0 unspecified atom stereocenters. The molecule has 0 spiro atoms. The Kier molecular flexibility index (Phi) is 8.87. The highest BCUT2D eigenvalue weighted by molar-refractivity contribution is 9.10. The van der Waals surface area contributed by atoms with Gasteiger partial charge in [0.2, 0.25) is 0 Å². The first kappa shape index (κ1) is 25.8. The van der Waals surface area contributed by atoms with Gasteiger partial charge in [0, 0.05) is 12.1 Å². The number of hydrogen-bond acceptors (Lipinski definition) is 6. The van der Waals surface area contributed by atoms with Crippen molar-refractivity contribution in [2.75, 3.05) is 20.3 Å². The number of hydrogen-bond donors (Lipinski definition) is 0. The molecule has 3 aromatic carbocycles. The number of nitro groups is 1. The molecule has 0 fully saturated rings. The van der Waals surface area contributed by atoms with Crippen LogP contribution in [0.4, 0.5) is 5.69 Å². The molecule has 0 amide bonds. The molecular weight excluding hydrogens is 512 g/mol. The number of benzene rings is 3. The summed E-state index contributed by atoms with van der Waals surface area (Å²) in [6.07, 6.45) is 2.63. The summed E-state index contributed by atoms with van der Waals surface area (Å²) >= 11 is 3.52. The number of nitriles is 1. The van der Waals surface area contributed by atoms with E-state index >= 15 is 0 Å². The number of aryl methyl sites for hydroxylation is 2. The summed E-state index contributed by atoms with van der Waals surface area (Å²) in [5.41, 5.74) is 3.99. The molecule has 0 bridgehead atoms. The van der Waals surface area contributed by atoms with Gasteiger partial charge >= 0.3 is 0 Å². The summed E-state index contributed by atoms with van der Waals surface area (Å²) in [7, 11) is 1.54. The quantitative estimate of drug-likeness (QED) is 0.0933. The van der Waals surface area contributed by atoms with Gasteiger partial charge in [0.1, 0.15) is 19.0 Å². The van der Waals surface area contributed by atoms with Crippen LogP contribution in [0.25, 0.3) is 11.6 Å². The fourth-order valence-corrected chi connectivity index (χ4v) is 4.06. The van der Waals surface area contributed by atoms with Crippen molar-refractivity contribution in [1.29, 1.82) is 5.26 Å². The first-order chi connectivity index (χ1) is 16.8. The lowest BCUT2D eigenvalue weighted by atomic mass is 10.0. The van der Waals surface area contributed by atoms with Crippen LogP contribution in [-0.2, 0) is 6.42 Å². The van der Waals surface area contributed by atoms with E-state index in [1.165, 1.54) is 17.7 Å². The van der Waals surface area contributed by atoms with E-state index in [1.807, 2.05) is 25.1 Å². The van der Waals surface area contributed by atoms with Crippen molar-refractivity contribution in [3.63, 3.8) is 0 Å². The number of non-ortho nitro benzene ring substituents is 1. The summed E-state index contributed by atoms with van der Waals surface area (Å²) in [5, 5.41) is 20.5. The molecule has 0 saturated carbocycles. The highest BCUT2D eigenvalue weighted by Gasteiger charge is 2.13. The Bertz CT molecular complexity index is 1280. The topological polar surface area (TPSA) is 94.6 Å². The van der Waals surface area contributed by atoms with E-state index < -0.39 is 4.92 Å². The second kappa shape index (κ2) is 12.0. The Labute approximate surface area is 212 Å². The molecule has 7 nitrogen and oxygen atoms in total.